The van der Waals surface area contributed by atoms with E-state index < -0.39 is 11.7 Å². The second-order valence-electron chi connectivity index (χ2n) is 4.33. The van der Waals surface area contributed by atoms with Crippen LogP contribution in [0.25, 0.3) is 0 Å². The van der Waals surface area contributed by atoms with Crippen molar-refractivity contribution in [2.75, 3.05) is 0 Å². The molecule has 0 N–H and O–H groups in total. The molecule has 82 valence electrons. The summed E-state index contributed by atoms with van der Waals surface area (Å²) in [6.45, 7) is 2.14. The molecule has 2 rings (SSSR count). The largest absolute Gasteiger partial charge is 0.416 e. The van der Waals surface area contributed by atoms with E-state index in [1.165, 1.54) is 12.1 Å². The summed E-state index contributed by atoms with van der Waals surface area (Å²) in [5.41, 5.74) is 1.44. The summed E-state index contributed by atoms with van der Waals surface area (Å²) < 4.78 is 37.3. The lowest BCUT2D eigenvalue weighted by Crippen LogP contribution is -2.13. The van der Waals surface area contributed by atoms with Crippen LogP contribution in [0.5, 0.6) is 0 Å². The summed E-state index contributed by atoms with van der Waals surface area (Å²) in [5, 5.41) is 0. The lowest BCUT2D eigenvalue weighted by atomic mass is 9.84. The molecule has 1 aliphatic rings. The maximum atomic E-state index is 12.4. The summed E-state index contributed by atoms with van der Waals surface area (Å²) in [4.78, 5) is 0. The average Bonchev–Trinajstić information content (AvgIpc) is 2.15. The Bertz CT molecular complexity index is 366. The van der Waals surface area contributed by atoms with Crippen LogP contribution in [0.4, 0.5) is 13.2 Å². The van der Waals surface area contributed by atoms with E-state index in [1.54, 1.807) is 6.07 Å². The molecular weight excluding hydrogens is 201 g/mol. The molecule has 1 atom stereocenters. The first-order valence-electron chi connectivity index (χ1n) is 5.16. The van der Waals surface area contributed by atoms with E-state index >= 15 is 0 Å². The van der Waals surface area contributed by atoms with Crippen LogP contribution in [0.2, 0.25) is 0 Å². The predicted octanol–water partition coefficient (Wildman–Crippen LogP) is 3.83. The Balaban J connectivity index is 2.35. The summed E-state index contributed by atoms with van der Waals surface area (Å²) in [6, 6.07) is 4.13. The number of aryl methyl sites for hydroxylation is 1. The van der Waals surface area contributed by atoms with Crippen molar-refractivity contribution in [2.45, 2.75) is 32.4 Å². The number of benzene rings is 1. The van der Waals surface area contributed by atoms with Gasteiger partial charge in [-0.05, 0) is 48.4 Å². The number of rotatable bonds is 0. The molecule has 0 fully saturated rings. The fraction of sp³-hybridized carbons (Fsp3) is 0.500. The van der Waals surface area contributed by atoms with E-state index in [2.05, 4.69) is 6.92 Å². The van der Waals surface area contributed by atoms with E-state index in [-0.39, 0.29) is 0 Å². The lowest BCUT2D eigenvalue weighted by Gasteiger charge is -2.22. The Labute approximate surface area is 87.1 Å². The molecule has 0 amide bonds. The summed E-state index contributed by atoms with van der Waals surface area (Å²) in [7, 11) is 0. The van der Waals surface area contributed by atoms with Gasteiger partial charge in [0, 0.05) is 0 Å². The second kappa shape index (κ2) is 3.54. The second-order valence-corrected chi connectivity index (χ2v) is 4.33. The Kier molecular flexibility index (Phi) is 2.49. The quantitative estimate of drug-likeness (QED) is 0.615. The molecule has 3 heteroatoms. The molecule has 1 aliphatic carbocycles. The maximum Gasteiger partial charge on any atom is 0.416 e. The smallest absolute Gasteiger partial charge is 0.166 e. The number of hydrogen-bond acceptors (Lipinski definition) is 0. The van der Waals surface area contributed by atoms with Crippen LogP contribution in [-0.4, -0.2) is 0 Å². The van der Waals surface area contributed by atoms with Gasteiger partial charge >= 0.3 is 6.18 Å². The van der Waals surface area contributed by atoms with Gasteiger partial charge in [0.25, 0.3) is 0 Å². The first-order chi connectivity index (χ1) is 6.97. The van der Waals surface area contributed by atoms with E-state index in [4.69, 9.17) is 0 Å². The molecule has 0 saturated heterocycles. The minimum Gasteiger partial charge on any atom is -0.166 e. The van der Waals surface area contributed by atoms with Crippen LogP contribution < -0.4 is 0 Å². The van der Waals surface area contributed by atoms with E-state index in [0.29, 0.717) is 5.92 Å². The molecule has 1 aromatic carbocycles. The van der Waals surface area contributed by atoms with Gasteiger partial charge in [0.1, 0.15) is 0 Å². The van der Waals surface area contributed by atoms with Crippen molar-refractivity contribution in [3.8, 4) is 0 Å². The zero-order chi connectivity index (χ0) is 11.1. The molecule has 0 saturated carbocycles. The number of halogens is 3. The third-order valence-electron chi connectivity index (χ3n) is 3.01. The van der Waals surface area contributed by atoms with Crippen molar-refractivity contribution in [1.82, 2.24) is 0 Å². The minimum absolute atomic E-state index is 0.518. The van der Waals surface area contributed by atoms with Gasteiger partial charge in [0.15, 0.2) is 0 Å². The highest BCUT2D eigenvalue weighted by molar-refractivity contribution is 5.35. The average molecular weight is 214 g/mol. The van der Waals surface area contributed by atoms with Crippen molar-refractivity contribution < 1.29 is 13.2 Å². The first-order valence-corrected chi connectivity index (χ1v) is 5.16. The highest BCUT2D eigenvalue weighted by Crippen LogP contribution is 2.33. The van der Waals surface area contributed by atoms with Crippen LogP contribution >= 0.6 is 0 Å². The summed E-state index contributed by atoms with van der Waals surface area (Å²) in [6.07, 6.45) is -1.53. The molecule has 0 aromatic heterocycles. The number of hydrogen-bond donors (Lipinski definition) is 0. The van der Waals surface area contributed by atoms with Crippen molar-refractivity contribution in [3.63, 3.8) is 0 Å². The SMILES string of the molecule is CC1CCc2cc(C(F)(F)F)ccc2C1. The van der Waals surface area contributed by atoms with Gasteiger partial charge in [-0.1, -0.05) is 13.0 Å². The van der Waals surface area contributed by atoms with Crippen molar-refractivity contribution in [1.29, 1.82) is 0 Å². The van der Waals surface area contributed by atoms with Gasteiger partial charge in [-0.25, -0.2) is 0 Å². The fourth-order valence-corrected chi connectivity index (χ4v) is 2.11. The monoisotopic (exact) mass is 214 g/mol. The molecule has 0 bridgehead atoms. The standard InChI is InChI=1S/C12H13F3/c1-8-2-3-10-7-11(12(13,14)15)5-4-9(10)6-8/h4-5,7-8H,2-3,6H2,1H3. The van der Waals surface area contributed by atoms with Crippen molar-refractivity contribution >= 4 is 0 Å². The lowest BCUT2D eigenvalue weighted by molar-refractivity contribution is -0.137. The maximum absolute atomic E-state index is 12.4. The van der Waals surface area contributed by atoms with Crippen LogP contribution in [0, 0.1) is 5.92 Å². The molecular formula is C12H13F3. The first kappa shape index (κ1) is 10.5. The highest BCUT2D eigenvalue weighted by atomic mass is 19.4. The third kappa shape index (κ3) is 2.16. The molecule has 0 nitrogen and oxygen atoms in total. The summed E-state index contributed by atoms with van der Waals surface area (Å²) >= 11 is 0. The molecule has 0 heterocycles. The Morgan fingerprint density at radius 1 is 1.20 bits per heavy atom. The molecule has 1 aromatic rings. The van der Waals surface area contributed by atoms with Gasteiger partial charge in [-0.15, -0.1) is 0 Å². The number of fused-ring (bicyclic) bond motifs is 1. The minimum atomic E-state index is -4.21. The number of alkyl halides is 3. The fourth-order valence-electron chi connectivity index (χ4n) is 2.11. The van der Waals surface area contributed by atoms with Crippen LogP contribution in [-0.2, 0) is 19.0 Å². The third-order valence-corrected chi connectivity index (χ3v) is 3.01. The molecule has 1 unspecified atom stereocenters. The normalized spacial score (nSPS) is 21.2. The molecule has 0 spiro atoms. The molecule has 0 aliphatic heterocycles. The predicted molar refractivity (Wildman–Crippen MR) is 52.6 cm³/mol. The van der Waals surface area contributed by atoms with Gasteiger partial charge in [0.2, 0.25) is 0 Å². The van der Waals surface area contributed by atoms with Crippen LogP contribution in [0.3, 0.4) is 0 Å². The van der Waals surface area contributed by atoms with Gasteiger partial charge < -0.3 is 0 Å². The van der Waals surface area contributed by atoms with Gasteiger partial charge in [0.05, 0.1) is 5.56 Å². The van der Waals surface area contributed by atoms with Crippen LogP contribution in [0.15, 0.2) is 18.2 Å². The van der Waals surface area contributed by atoms with Crippen LogP contribution in [0.1, 0.15) is 30.0 Å². The van der Waals surface area contributed by atoms with E-state index in [0.717, 1.165) is 30.4 Å². The van der Waals surface area contributed by atoms with Gasteiger partial charge in [-0.2, -0.15) is 13.2 Å². The Hall–Kier alpha value is -0.990. The topological polar surface area (TPSA) is 0 Å². The van der Waals surface area contributed by atoms with Crippen molar-refractivity contribution in [3.05, 3.63) is 34.9 Å². The zero-order valence-electron chi connectivity index (χ0n) is 8.56. The Morgan fingerprint density at radius 2 is 1.93 bits per heavy atom. The zero-order valence-corrected chi connectivity index (χ0v) is 8.56. The van der Waals surface area contributed by atoms with E-state index in [9.17, 15) is 13.2 Å². The van der Waals surface area contributed by atoms with Gasteiger partial charge in [-0.3, -0.25) is 0 Å². The Morgan fingerprint density at radius 3 is 2.60 bits per heavy atom. The molecule has 0 radical (unpaired) electrons. The van der Waals surface area contributed by atoms with Crippen molar-refractivity contribution in [2.24, 2.45) is 5.92 Å². The molecule has 15 heavy (non-hydrogen) atoms. The highest BCUT2D eigenvalue weighted by Gasteiger charge is 2.31. The van der Waals surface area contributed by atoms with E-state index in [1.807, 2.05) is 0 Å². The summed E-state index contributed by atoms with van der Waals surface area (Å²) in [5.74, 6) is 0.592.